The summed E-state index contributed by atoms with van der Waals surface area (Å²) in [4.78, 5) is 4.91. The van der Waals surface area contributed by atoms with Crippen molar-refractivity contribution in [2.24, 2.45) is 0 Å². The molecule has 1 fully saturated rings. The van der Waals surface area contributed by atoms with E-state index in [4.69, 9.17) is 16.7 Å². The third-order valence-electron chi connectivity index (χ3n) is 5.32. The lowest BCUT2D eigenvalue weighted by Crippen LogP contribution is -2.49. The van der Waals surface area contributed by atoms with Crippen molar-refractivity contribution < 1.29 is 5.11 Å². The van der Waals surface area contributed by atoms with E-state index >= 15 is 0 Å². The van der Waals surface area contributed by atoms with Crippen LogP contribution in [-0.2, 0) is 5.41 Å². The molecule has 4 heteroatoms. The minimum atomic E-state index is 0.119. The van der Waals surface area contributed by atoms with Crippen molar-refractivity contribution in [3.8, 4) is 0 Å². The van der Waals surface area contributed by atoms with Gasteiger partial charge in [0.15, 0.2) is 0 Å². The third kappa shape index (κ3) is 2.75. The molecular formula is C18H27ClN2O. The van der Waals surface area contributed by atoms with Crippen LogP contribution < -0.4 is 4.90 Å². The molecular weight excluding hydrogens is 296 g/mol. The van der Waals surface area contributed by atoms with Crippen LogP contribution >= 0.6 is 11.6 Å². The first kappa shape index (κ1) is 16.1. The number of likely N-dealkylation sites (tertiary alicyclic amines) is 1. The Balaban J connectivity index is 1.93. The summed E-state index contributed by atoms with van der Waals surface area (Å²) >= 11 is 6.30. The predicted octanol–water partition coefficient (Wildman–Crippen LogP) is 3.28. The molecule has 0 saturated carbocycles. The first-order chi connectivity index (χ1) is 10.4. The van der Waals surface area contributed by atoms with Gasteiger partial charge in [0.25, 0.3) is 0 Å². The number of fused-ring (bicyclic) bond motifs is 2. The quantitative estimate of drug-likeness (QED) is 0.905. The minimum absolute atomic E-state index is 0.119. The summed E-state index contributed by atoms with van der Waals surface area (Å²) in [6.45, 7) is 11.1. The van der Waals surface area contributed by atoms with E-state index in [0.29, 0.717) is 0 Å². The van der Waals surface area contributed by atoms with Crippen molar-refractivity contribution in [3.05, 3.63) is 28.8 Å². The van der Waals surface area contributed by atoms with Gasteiger partial charge in [-0.15, -0.1) is 0 Å². The summed E-state index contributed by atoms with van der Waals surface area (Å²) in [5, 5.41) is 9.99. The number of piperidine rings is 1. The molecule has 0 bridgehead atoms. The van der Waals surface area contributed by atoms with E-state index in [0.717, 1.165) is 44.0 Å². The Morgan fingerprint density at radius 2 is 1.91 bits per heavy atom. The maximum Gasteiger partial charge on any atom is 0.0558 e. The standard InChI is InChI=1S/C18H27ClN2O/c1-17(2,3)21-13-18(6-8-20(9-7-18)10-11-22)15-12-14(19)4-5-16(15)21/h4-5,12,22H,6-11,13H2,1-3H3. The Bertz CT molecular complexity index is 545. The smallest absolute Gasteiger partial charge is 0.0558 e. The highest BCUT2D eigenvalue weighted by atomic mass is 35.5. The van der Waals surface area contributed by atoms with E-state index in [-0.39, 0.29) is 17.6 Å². The molecule has 0 amide bonds. The zero-order valence-electron chi connectivity index (χ0n) is 13.9. The summed E-state index contributed by atoms with van der Waals surface area (Å²) in [6.07, 6.45) is 2.29. The van der Waals surface area contributed by atoms with Gasteiger partial charge in [-0.25, -0.2) is 0 Å². The number of β-amino-alcohol motifs (C(OH)–C–C–N with tert-alkyl or cyclic N) is 1. The molecule has 0 aliphatic carbocycles. The van der Waals surface area contributed by atoms with Crippen molar-refractivity contribution in [1.29, 1.82) is 0 Å². The number of anilines is 1. The Hall–Kier alpha value is -0.770. The lowest BCUT2D eigenvalue weighted by atomic mass is 9.74. The van der Waals surface area contributed by atoms with Crippen molar-refractivity contribution >= 4 is 17.3 Å². The zero-order chi connectivity index (χ0) is 16.0. The highest BCUT2D eigenvalue weighted by molar-refractivity contribution is 6.30. The average molecular weight is 323 g/mol. The lowest BCUT2D eigenvalue weighted by molar-refractivity contribution is 0.135. The Kier molecular flexibility index (Phi) is 4.17. The van der Waals surface area contributed by atoms with Crippen LogP contribution in [0.2, 0.25) is 5.02 Å². The van der Waals surface area contributed by atoms with E-state index < -0.39 is 0 Å². The number of hydrogen-bond acceptors (Lipinski definition) is 3. The van der Waals surface area contributed by atoms with E-state index in [9.17, 15) is 0 Å². The number of aliphatic hydroxyl groups excluding tert-OH is 1. The van der Waals surface area contributed by atoms with Gasteiger partial charge < -0.3 is 14.9 Å². The number of rotatable bonds is 2. The molecule has 0 atom stereocenters. The molecule has 0 aromatic heterocycles. The van der Waals surface area contributed by atoms with Gasteiger partial charge in [0.1, 0.15) is 0 Å². The highest BCUT2D eigenvalue weighted by Gasteiger charge is 2.46. The minimum Gasteiger partial charge on any atom is -0.395 e. The van der Waals surface area contributed by atoms with Gasteiger partial charge in [-0.1, -0.05) is 11.6 Å². The van der Waals surface area contributed by atoms with Gasteiger partial charge in [-0.05, 0) is 70.5 Å². The van der Waals surface area contributed by atoms with Crippen LogP contribution in [0.15, 0.2) is 18.2 Å². The van der Waals surface area contributed by atoms with Gasteiger partial charge >= 0.3 is 0 Å². The molecule has 1 N–H and O–H groups in total. The highest BCUT2D eigenvalue weighted by Crippen LogP contribution is 2.49. The Labute approximate surface area is 138 Å². The zero-order valence-corrected chi connectivity index (χ0v) is 14.7. The summed E-state index contributed by atoms with van der Waals surface area (Å²) in [5.41, 5.74) is 3.12. The van der Waals surface area contributed by atoms with Crippen molar-refractivity contribution in [2.75, 3.05) is 37.7 Å². The van der Waals surface area contributed by atoms with Gasteiger partial charge in [0, 0.05) is 34.8 Å². The van der Waals surface area contributed by atoms with Crippen molar-refractivity contribution in [3.63, 3.8) is 0 Å². The molecule has 0 radical (unpaired) electrons. The summed E-state index contributed by atoms with van der Waals surface area (Å²) in [7, 11) is 0. The number of nitrogens with zero attached hydrogens (tertiary/aromatic N) is 2. The van der Waals surface area contributed by atoms with Crippen molar-refractivity contribution in [1.82, 2.24) is 4.90 Å². The van der Waals surface area contributed by atoms with Crippen LogP contribution in [0.25, 0.3) is 0 Å². The Morgan fingerprint density at radius 1 is 1.23 bits per heavy atom. The molecule has 2 aliphatic rings. The monoisotopic (exact) mass is 322 g/mol. The summed E-state index contributed by atoms with van der Waals surface area (Å²) in [5.74, 6) is 0. The van der Waals surface area contributed by atoms with Crippen LogP contribution in [0.3, 0.4) is 0 Å². The van der Waals surface area contributed by atoms with E-state index in [1.807, 2.05) is 6.07 Å². The topological polar surface area (TPSA) is 26.7 Å². The molecule has 1 aromatic carbocycles. The van der Waals surface area contributed by atoms with Crippen LogP contribution in [-0.4, -0.2) is 48.3 Å². The van der Waals surface area contributed by atoms with E-state index in [1.165, 1.54) is 11.3 Å². The van der Waals surface area contributed by atoms with Crippen LogP contribution in [0.1, 0.15) is 39.2 Å². The van der Waals surface area contributed by atoms with Crippen LogP contribution in [0.5, 0.6) is 0 Å². The SMILES string of the molecule is CC(C)(C)N1CC2(CCN(CCO)CC2)c2cc(Cl)ccc21. The summed E-state index contributed by atoms with van der Waals surface area (Å²) < 4.78 is 0. The fourth-order valence-corrected chi connectivity index (χ4v) is 4.19. The van der Waals surface area contributed by atoms with E-state index in [1.54, 1.807) is 0 Å². The molecule has 3 nitrogen and oxygen atoms in total. The van der Waals surface area contributed by atoms with Crippen molar-refractivity contribution in [2.45, 2.75) is 44.6 Å². The molecule has 2 aliphatic heterocycles. The van der Waals surface area contributed by atoms with Crippen LogP contribution in [0, 0.1) is 0 Å². The maximum atomic E-state index is 9.15. The van der Waals surface area contributed by atoms with Crippen LogP contribution in [0.4, 0.5) is 5.69 Å². The molecule has 1 spiro atoms. The fourth-order valence-electron chi connectivity index (χ4n) is 4.01. The second-order valence-corrected chi connectivity index (χ2v) is 8.20. The third-order valence-corrected chi connectivity index (χ3v) is 5.56. The largest absolute Gasteiger partial charge is 0.395 e. The molecule has 22 heavy (non-hydrogen) atoms. The van der Waals surface area contributed by atoms with Gasteiger partial charge in [-0.3, -0.25) is 0 Å². The fraction of sp³-hybridized carbons (Fsp3) is 0.667. The molecule has 1 saturated heterocycles. The molecule has 2 heterocycles. The number of halogens is 1. The first-order valence-electron chi connectivity index (χ1n) is 8.27. The first-order valence-corrected chi connectivity index (χ1v) is 8.64. The average Bonchev–Trinajstić information content (AvgIpc) is 2.76. The molecule has 3 rings (SSSR count). The Morgan fingerprint density at radius 3 is 2.50 bits per heavy atom. The summed E-state index contributed by atoms with van der Waals surface area (Å²) in [6, 6.07) is 6.39. The van der Waals surface area contributed by atoms with Gasteiger partial charge in [0.05, 0.1) is 6.61 Å². The second-order valence-electron chi connectivity index (χ2n) is 7.76. The van der Waals surface area contributed by atoms with Gasteiger partial charge in [-0.2, -0.15) is 0 Å². The predicted molar refractivity (Wildman–Crippen MR) is 93.0 cm³/mol. The molecule has 122 valence electrons. The lowest BCUT2D eigenvalue weighted by Gasteiger charge is -2.41. The van der Waals surface area contributed by atoms with E-state index in [2.05, 4.69) is 42.7 Å². The molecule has 1 aromatic rings. The maximum absolute atomic E-state index is 9.15. The number of hydrogen-bond donors (Lipinski definition) is 1. The number of aliphatic hydroxyl groups is 1. The second kappa shape index (κ2) is 5.70. The molecule has 0 unspecified atom stereocenters. The van der Waals surface area contributed by atoms with Gasteiger partial charge in [0.2, 0.25) is 0 Å². The normalized spacial score (nSPS) is 21.4. The number of benzene rings is 1.